The Bertz CT molecular complexity index is 638. The number of hydrogen-bond donors (Lipinski definition) is 0. The molecule has 1 rings (SSSR count). The Hall–Kier alpha value is -0.780. The van der Waals surface area contributed by atoms with Gasteiger partial charge in [0, 0.05) is 0 Å². The normalized spacial score (nSPS) is 22.0. The Balaban J connectivity index is 3.33. The fourth-order valence-electron chi connectivity index (χ4n) is 0.907. The molecule has 0 saturated heterocycles. The lowest BCUT2D eigenvalue weighted by atomic mass is 10.1. The fourth-order valence-corrected chi connectivity index (χ4v) is 2.19. The first-order chi connectivity index (χ1) is 7.98. The molecule has 0 spiro atoms. The summed E-state index contributed by atoms with van der Waals surface area (Å²) < 4.78 is 67.7. The summed E-state index contributed by atoms with van der Waals surface area (Å²) in [6.07, 6.45) is 1.59. The highest BCUT2D eigenvalue weighted by atomic mass is 35.5. The third-order valence-electron chi connectivity index (χ3n) is 1.44. The lowest BCUT2D eigenvalue weighted by Gasteiger charge is -2.11. The third kappa shape index (κ3) is 4.84. The molecule has 0 aliphatic heterocycles. The van der Waals surface area contributed by atoms with Gasteiger partial charge in [-0.1, -0.05) is 23.2 Å². The quantitative estimate of drug-likeness (QED) is 0.516. The summed E-state index contributed by atoms with van der Waals surface area (Å²) >= 11 is 11.0. The molecular formula is C6H2Cl2N2O6S2-2. The monoisotopic (exact) mass is 332 g/mol. The van der Waals surface area contributed by atoms with Gasteiger partial charge in [-0.25, -0.2) is 16.8 Å². The predicted molar refractivity (Wildman–Crippen MR) is 62.1 cm³/mol. The summed E-state index contributed by atoms with van der Waals surface area (Å²) in [6.45, 7) is 0. The van der Waals surface area contributed by atoms with Crippen LogP contribution in [-0.2, 0) is 20.6 Å². The molecule has 12 heteroatoms. The molecule has 0 bridgehead atoms. The van der Waals surface area contributed by atoms with Gasteiger partial charge in [0.15, 0.2) is 0 Å². The van der Waals surface area contributed by atoms with Crippen LogP contribution >= 0.6 is 23.2 Å². The molecule has 1 aliphatic carbocycles. The van der Waals surface area contributed by atoms with E-state index in [0.717, 1.165) is 12.2 Å². The van der Waals surface area contributed by atoms with Crippen LogP contribution in [0, 0.1) is 0 Å². The molecular weight excluding hydrogens is 331 g/mol. The third-order valence-corrected chi connectivity index (χ3v) is 2.88. The van der Waals surface area contributed by atoms with Crippen molar-refractivity contribution in [2.24, 2.45) is 8.80 Å². The van der Waals surface area contributed by atoms with Gasteiger partial charge in [0.25, 0.3) is 0 Å². The van der Waals surface area contributed by atoms with E-state index in [1.807, 2.05) is 0 Å². The molecule has 0 N–H and O–H groups in total. The van der Waals surface area contributed by atoms with Gasteiger partial charge in [-0.2, -0.15) is 8.80 Å². The second-order valence-corrected chi connectivity index (χ2v) is 5.68. The molecule has 8 nitrogen and oxygen atoms in total. The largest absolute Gasteiger partial charge is 0.730 e. The minimum atomic E-state index is -4.94. The van der Waals surface area contributed by atoms with Crippen molar-refractivity contribution in [3.63, 3.8) is 0 Å². The molecule has 0 radical (unpaired) electrons. The van der Waals surface area contributed by atoms with Crippen LogP contribution in [0.4, 0.5) is 0 Å². The molecule has 0 aromatic rings. The molecule has 0 aromatic heterocycles. The zero-order chi connectivity index (χ0) is 14.1. The van der Waals surface area contributed by atoms with Crippen LogP contribution in [-0.4, -0.2) is 37.4 Å². The van der Waals surface area contributed by atoms with Gasteiger partial charge >= 0.3 is 0 Å². The van der Waals surface area contributed by atoms with Gasteiger partial charge < -0.3 is 9.11 Å². The zero-order valence-corrected chi connectivity index (χ0v) is 11.2. The molecule has 100 valence electrons. The van der Waals surface area contributed by atoms with Crippen molar-refractivity contribution in [3.05, 3.63) is 22.2 Å². The van der Waals surface area contributed by atoms with Gasteiger partial charge in [-0.3, -0.25) is 0 Å². The number of halogens is 2. The highest BCUT2D eigenvalue weighted by Crippen LogP contribution is 2.21. The van der Waals surface area contributed by atoms with Crippen LogP contribution in [0.15, 0.2) is 31.0 Å². The van der Waals surface area contributed by atoms with E-state index in [9.17, 15) is 25.9 Å². The second-order valence-electron chi connectivity index (χ2n) is 2.79. The van der Waals surface area contributed by atoms with Crippen molar-refractivity contribution in [1.82, 2.24) is 0 Å². The molecule has 0 aromatic carbocycles. The van der Waals surface area contributed by atoms with E-state index in [0.29, 0.717) is 0 Å². The Morgan fingerprint density at radius 3 is 1.33 bits per heavy atom. The van der Waals surface area contributed by atoms with E-state index in [1.165, 1.54) is 0 Å². The fraction of sp³-hybridized carbons (Fsp3) is 0. The highest BCUT2D eigenvalue weighted by molar-refractivity contribution is 7.84. The van der Waals surface area contributed by atoms with Gasteiger partial charge in [-0.05, 0) is 12.2 Å². The number of nitrogens with zero attached hydrogens (tertiary/aromatic N) is 2. The second kappa shape index (κ2) is 5.07. The predicted octanol–water partition coefficient (Wildman–Crippen LogP) is 0.0478. The van der Waals surface area contributed by atoms with E-state index in [2.05, 4.69) is 8.80 Å². The van der Waals surface area contributed by atoms with Gasteiger partial charge in [0.05, 0.1) is 21.5 Å². The first-order valence-corrected chi connectivity index (χ1v) is 7.33. The number of rotatable bonds is 2. The zero-order valence-electron chi connectivity index (χ0n) is 8.07. The van der Waals surface area contributed by atoms with Gasteiger partial charge in [0.2, 0.25) is 20.6 Å². The van der Waals surface area contributed by atoms with Crippen LogP contribution in [0.1, 0.15) is 0 Å². The maximum atomic E-state index is 10.4. The Kier molecular flexibility index (Phi) is 4.30. The van der Waals surface area contributed by atoms with Gasteiger partial charge in [-0.15, -0.1) is 0 Å². The average molecular weight is 333 g/mol. The summed E-state index contributed by atoms with van der Waals surface area (Å²) in [6, 6.07) is 0. The topological polar surface area (TPSA) is 139 Å². The maximum Gasteiger partial charge on any atom is 0.203 e. The maximum absolute atomic E-state index is 10.4. The first kappa shape index (κ1) is 15.3. The SMILES string of the molecule is O=S(=O)([O-])N=C1C=C(Cl)C(=NS(=O)(=O)[O-])C=C1Cl. The molecule has 0 saturated carbocycles. The minimum absolute atomic E-state index is 0.402. The van der Waals surface area contributed by atoms with Crippen LogP contribution in [0.3, 0.4) is 0 Å². The van der Waals surface area contributed by atoms with Crippen molar-refractivity contribution in [3.8, 4) is 0 Å². The molecule has 0 unspecified atom stereocenters. The Morgan fingerprint density at radius 2 is 1.11 bits per heavy atom. The molecule has 18 heavy (non-hydrogen) atoms. The van der Waals surface area contributed by atoms with Crippen molar-refractivity contribution in [2.75, 3.05) is 0 Å². The summed E-state index contributed by atoms with van der Waals surface area (Å²) in [5.74, 6) is 0. The van der Waals surface area contributed by atoms with Crippen molar-refractivity contribution >= 4 is 55.2 Å². The summed E-state index contributed by atoms with van der Waals surface area (Å²) in [4.78, 5) is 0. The minimum Gasteiger partial charge on any atom is -0.730 e. The van der Waals surface area contributed by atoms with Gasteiger partial charge in [0.1, 0.15) is 0 Å². The van der Waals surface area contributed by atoms with Crippen LogP contribution < -0.4 is 0 Å². The lowest BCUT2D eigenvalue weighted by Crippen LogP contribution is -2.12. The van der Waals surface area contributed by atoms with Crippen molar-refractivity contribution < 1.29 is 25.9 Å². The Labute approximate surface area is 112 Å². The number of hydrogen-bond acceptors (Lipinski definition) is 6. The standard InChI is InChI=1S/C6H4Cl2N2O6S2/c7-3-1-5(9-17(11,12)13)4(8)2-6(3)10-18(14,15)16/h1-2H,(H,11,12,13)(H,14,15,16)/p-2. The van der Waals surface area contributed by atoms with E-state index >= 15 is 0 Å². The van der Waals surface area contributed by atoms with E-state index in [4.69, 9.17) is 23.2 Å². The molecule has 0 heterocycles. The molecule has 0 fully saturated rings. The smallest absolute Gasteiger partial charge is 0.203 e. The summed E-state index contributed by atoms with van der Waals surface area (Å²) in [5.41, 5.74) is -0.974. The molecule has 1 aliphatic rings. The molecule has 0 atom stereocenters. The van der Waals surface area contributed by atoms with E-state index in [-0.39, 0.29) is 0 Å². The average Bonchev–Trinajstić information content (AvgIpc) is 2.08. The lowest BCUT2D eigenvalue weighted by molar-refractivity contribution is 0.462. The van der Waals surface area contributed by atoms with Crippen molar-refractivity contribution in [2.45, 2.75) is 0 Å². The number of allylic oxidation sites excluding steroid dienone is 4. The Morgan fingerprint density at radius 1 is 0.833 bits per heavy atom. The van der Waals surface area contributed by atoms with Crippen LogP contribution in [0.5, 0.6) is 0 Å². The van der Waals surface area contributed by atoms with Crippen molar-refractivity contribution in [1.29, 1.82) is 0 Å². The first-order valence-electron chi connectivity index (χ1n) is 3.85. The van der Waals surface area contributed by atoms with E-state index < -0.39 is 42.1 Å². The van der Waals surface area contributed by atoms with Crippen LogP contribution in [0.25, 0.3) is 0 Å². The van der Waals surface area contributed by atoms with Crippen LogP contribution in [0.2, 0.25) is 0 Å². The summed E-state index contributed by atoms with van der Waals surface area (Å²) in [7, 11) is -9.89. The molecule has 0 amide bonds. The highest BCUT2D eigenvalue weighted by Gasteiger charge is 2.16. The van der Waals surface area contributed by atoms with E-state index in [1.54, 1.807) is 0 Å². The summed E-state index contributed by atoms with van der Waals surface area (Å²) in [5, 5.41) is -0.803.